The van der Waals surface area contributed by atoms with Gasteiger partial charge in [0.2, 0.25) is 0 Å². The molecule has 4 rings (SSSR count). The van der Waals surface area contributed by atoms with Gasteiger partial charge in [-0.3, -0.25) is 4.90 Å². The van der Waals surface area contributed by atoms with Crippen LogP contribution in [0.5, 0.6) is 0 Å². The van der Waals surface area contributed by atoms with Gasteiger partial charge in [-0.2, -0.15) is 0 Å². The number of hydrogen-bond acceptors (Lipinski definition) is 4. The molecule has 3 fully saturated rings. The van der Waals surface area contributed by atoms with Crippen LogP contribution in [0.4, 0.5) is 0 Å². The summed E-state index contributed by atoms with van der Waals surface area (Å²) >= 11 is 0. The van der Waals surface area contributed by atoms with Gasteiger partial charge in [0.15, 0.2) is 0 Å². The predicted octanol–water partition coefficient (Wildman–Crippen LogP) is 1.51. The lowest BCUT2D eigenvalue weighted by Gasteiger charge is -2.24. The van der Waals surface area contributed by atoms with Gasteiger partial charge >= 0.3 is 0 Å². The maximum absolute atomic E-state index is 4.47. The SMILES string of the molecule is Cn1c(CN2CC[C@@H]3CNC[C@@H]3CC2)nnc1C1CCC1. The van der Waals surface area contributed by atoms with E-state index in [4.69, 9.17) is 0 Å². The van der Waals surface area contributed by atoms with E-state index in [1.165, 1.54) is 64.1 Å². The Morgan fingerprint density at radius 3 is 2.38 bits per heavy atom. The van der Waals surface area contributed by atoms with Crippen molar-refractivity contribution in [3.05, 3.63) is 11.6 Å². The molecule has 116 valence electrons. The smallest absolute Gasteiger partial charge is 0.146 e. The monoisotopic (exact) mass is 289 g/mol. The van der Waals surface area contributed by atoms with Crippen LogP contribution in [0.15, 0.2) is 0 Å². The average Bonchev–Trinajstić information content (AvgIpc) is 2.96. The lowest BCUT2D eigenvalue weighted by atomic mass is 9.85. The van der Waals surface area contributed by atoms with Crippen LogP contribution in [0.1, 0.15) is 49.7 Å². The number of rotatable bonds is 3. The number of likely N-dealkylation sites (tertiary alicyclic amines) is 1. The third-order valence-electron chi connectivity index (χ3n) is 5.95. The molecule has 1 aromatic heterocycles. The molecule has 1 saturated carbocycles. The normalized spacial score (nSPS) is 30.9. The van der Waals surface area contributed by atoms with E-state index in [0.29, 0.717) is 5.92 Å². The highest BCUT2D eigenvalue weighted by Gasteiger charge is 2.31. The first-order valence-corrected chi connectivity index (χ1v) is 8.62. The zero-order valence-corrected chi connectivity index (χ0v) is 13.1. The lowest BCUT2D eigenvalue weighted by Crippen LogP contribution is -2.27. The maximum Gasteiger partial charge on any atom is 0.146 e. The van der Waals surface area contributed by atoms with Crippen LogP contribution in [0, 0.1) is 11.8 Å². The van der Waals surface area contributed by atoms with Gasteiger partial charge in [0.1, 0.15) is 11.6 Å². The standard InChI is InChI=1S/C16H27N5/c1-20-15(18-19-16(20)12-3-2-4-12)11-21-7-5-13-9-17-10-14(13)6-8-21/h12-14,17H,2-11H2,1H3/t13-,14+. The molecular formula is C16H27N5. The predicted molar refractivity (Wildman–Crippen MR) is 82.0 cm³/mol. The molecule has 1 aliphatic carbocycles. The van der Waals surface area contributed by atoms with Crippen molar-refractivity contribution in [3.8, 4) is 0 Å². The van der Waals surface area contributed by atoms with Crippen LogP contribution in [-0.2, 0) is 13.6 Å². The molecule has 0 bridgehead atoms. The molecule has 1 aromatic rings. The van der Waals surface area contributed by atoms with Gasteiger partial charge in [-0.15, -0.1) is 10.2 Å². The molecule has 2 aliphatic heterocycles. The first kappa shape index (κ1) is 13.7. The highest BCUT2D eigenvalue weighted by molar-refractivity contribution is 5.05. The molecular weight excluding hydrogens is 262 g/mol. The van der Waals surface area contributed by atoms with Crippen molar-refractivity contribution in [2.24, 2.45) is 18.9 Å². The zero-order chi connectivity index (χ0) is 14.2. The fraction of sp³-hybridized carbons (Fsp3) is 0.875. The van der Waals surface area contributed by atoms with Crippen molar-refractivity contribution in [1.29, 1.82) is 0 Å². The fourth-order valence-corrected chi connectivity index (χ4v) is 4.16. The zero-order valence-electron chi connectivity index (χ0n) is 13.1. The molecule has 1 N–H and O–H groups in total. The summed E-state index contributed by atoms with van der Waals surface area (Å²) in [6.07, 6.45) is 6.63. The molecule has 0 spiro atoms. The van der Waals surface area contributed by atoms with E-state index < -0.39 is 0 Å². The molecule has 2 atom stereocenters. The second-order valence-electron chi connectivity index (χ2n) is 7.19. The van der Waals surface area contributed by atoms with E-state index in [9.17, 15) is 0 Å². The number of nitrogens with one attached hydrogen (secondary N) is 1. The van der Waals surface area contributed by atoms with E-state index in [-0.39, 0.29) is 0 Å². The molecule has 0 aromatic carbocycles. The minimum Gasteiger partial charge on any atom is -0.317 e. The van der Waals surface area contributed by atoms with E-state index in [2.05, 4.69) is 32.0 Å². The Bertz CT molecular complexity index is 479. The van der Waals surface area contributed by atoms with Gasteiger partial charge in [-0.25, -0.2) is 0 Å². The maximum atomic E-state index is 4.47. The fourth-order valence-electron chi connectivity index (χ4n) is 4.16. The number of aromatic nitrogens is 3. The summed E-state index contributed by atoms with van der Waals surface area (Å²) in [5.41, 5.74) is 0. The number of hydrogen-bond donors (Lipinski definition) is 1. The Labute approximate surface area is 127 Å². The largest absolute Gasteiger partial charge is 0.317 e. The van der Waals surface area contributed by atoms with Gasteiger partial charge < -0.3 is 9.88 Å². The minimum atomic E-state index is 0.672. The summed E-state index contributed by atoms with van der Waals surface area (Å²) in [5.74, 6) is 4.85. The second kappa shape index (κ2) is 5.69. The van der Waals surface area contributed by atoms with Crippen LogP contribution in [0.2, 0.25) is 0 Å². The van der Waals surface area contributed by atoms with Crippen molar-refractivity contribution >= 4 is 0 Å². The summed E-state index contributed by atoms with van der Waals surface area (Å²) in [4.78, 5) is 2.59. The summed E-state index contributed by atoms with van der Waals surface area (Å²) in [5, 5.41) is 12.5. The van der Waals surface area contributed by atoms with Gasteiger partial charge in [0.05, 0.1) is 6.54 Å². The van der Waals surface area contributed by atoms with Gasteiger partial charge in [0, 0.05) is 13.0 Å². The molecule has 3 heterocycles. The molecule has 0 amide bonds. The number of fused-ring (bicyclic) bond motifs is 1. The first-order chi connectivity index (χ1) is 10.3. The third kappa shape index (κ3) is 2.61. The van der Waals surface area contributed by atoms with Crippen molar-refractivity contribution < 1.29 is 0 Å². The topological polar surface area (TPSA) is 46.0 Å². The van der Waals surface area contributed by atoms with Crippen LogP contribution >= 0.6 is 0 Å². The van der Waals surface area contributed by atoms with Crippen LogP contribution in [-0.4, -0.2) is 45.8 Å². The third-order valence-corrected chi connectivity index (χ3v) is 5.95. The van der Waals surface area contributed by atoms with Gasteiger partial charge in [0.25, 0.3) is 0 Å². The molecule has 3 aliphatic rings. The summed E-state index contributed by atoms with van der Waals surface area (Å²) in [6.45, 7) is 5.87. The van der Waals surface area contributed by atoms with Crippen LogP contribution in [0.25, 0.3) is 0 Å². The average molecular weight is 289 g/mol. The molecule has 5 nitrogen and oxygen atoms in total. The minimum absolute atomic E-state index is 0.672. The van der Waals surface area contributed by atoms with E-state index in [1.807, 2.05) is 0 Å². The Balaban J connectivity index is 1.40. The Morgan fingerprint density at radius 1 is 1.05 bits per heavy atom. The van der Waals surface area contributed by atoms with Crippen molar-refractivity contribution in [3.63, 3.8) is 0 Å². The molecule has 21 heavy (non-hydrogen) atoms. The van der Waals surface area contributed by atoms with Crippen molar-refractivity contribution in [2.75, 3.05) is 26.2 Å². The van der Waals surface area contributed by atoms with E-state index in [1.54, 1.807) is 0 Å². The van der Waals surface area contributed by atoms with E-state index in [0.717, 1.165) is 24.2 Å². The first-order valence-electron chi connectivity index (χ1n) is 8.62. The Kier molecular flexibility index (Phi) is 3.71. The molecule has 5 heteroatoms. The van der Waals surface area contributed by atoms with Crippen molar-refractivity contribution in [1.82, 2.24) is 25.0 Å². The second-order valence-corrected chi connectivity index (χ2v) is 7.19. The molecule has 2 saturated heterocycles. The summed E-state index contributed by atoms with van der Waals surface area (Å²) < 4.78 is 2.26. The molecule has 0 radical (unpaired) electrons. The quantitative estimate of drug-likeness (QED) is 0.916. The van der Waals surface area contributed by atoms with E-state index >= 15 is 0 Å². The highest BCUT2D eigenvalue weighted by atomic mass is 15.3. The van der Waals surface area contributed by atoms with Crippen molar-refractivity contribution in [2.45, 2.75) is 44.6 Å². The number of nitrogens with zero attached hydrogens (tertiary/aromatic N) is 4. The highest BCUT2D eigenvalue weighted by Crippen LogP contribution is 2.35. The van der Waals surface area contributed by atoms with Crippen LogP contribution < -0.4 is 5.32 Å². The Hall–Kier alpha value is -0.940. The lowest BCUT2D eigenvalue weighted by molar-refractivity contribution is 0.259. The van der Waals surface area contributed by atoms with Gasteiger partial charge in [-0.1, -0.05) is 6.42 Å². The molecule has 0 unspecified atom stereocenters. The summed E-state index contributed by atoms with van der Waals surface area (Å²) in [7, 11) is 2.15. The van der Waals surface area contributed by atoms with Crippen LogP contribution in [0.3, 0.4) is 0 Å². The summed E-state index contributed by atoms with van der Waals surface area (Å²) in [6, 6.07) is 0. The Morgan fingerprint density at radius 2 is 1.76 bits per heavy atom. The van der Waals surface area contributed by atoms with Gasteiger partial charge in [-0.05, 0) is 63.7 Å².